The summed E-state index contributed by atoms with van der Waals surface area (Å²) in [5, 5.41) is 14.5. The number of rotatable bonds is 5. The number of nitrogens with zero attached hydrogens (tertiary/aromatic N) is 2. The second-order valence-corrected chi connectivity index (χ2v) is 7.60. The summed E-state index contributed by atoms with van der Waals surface area (Å²) in [7, 11) is 1.56. The number of benzene rings is 1. The molecule has 1 aromatic rings. The molecule has 1 aromatic carbocycles. The summed E-state index contributed by atoms with van der Waals surface area (Å²) in [4.78, 5) is 13.2. The molecule has 1 N–H and O–H groups in total. The van der Waals surface area contributed by atoms with Gasteiger partial charge >= 0.3 is 0 Å². The third-order valence-electron chi connectivity index (χ3n) is 5.88. The van der Waals surface area contributed by atoms with E-state index in [1.54, 1.807) is 13.2 Å². The molecular weight excluding hydrogens is 330 g/mol. The zero-order valence-electron chi connectivity index (χ0n) is 15.8. The van der Waals surface area contributed by atoms with E-state index in [4.69, 9.17) is 4.74 Å². The van der Waals surface area contributed by atoms with E-state index in [0.29, 0.717) is 11.8 Å². The summed E-state index contributed by atoms with van der Waals surface area (Å²) in [5.41, 5.74) is 0.911. The lowest BCUT2D eigenvalue weighted by Crippen LogP contribution is -2.44. The molecule has 144 valence electrons. The summed E-state index contributed by atoms with van der Waals surface area (Å²) in [5.74, 6) is 0.543. The number of nitro groups is 1. The van der Waals surface area contributed by atoms with E-state index in [9.17, 15) is 10.1 Å². The topological polar surface area (TPSA) is 67.6 Å². The minimum Gasteiger partial charge on any atom is -0.494 e. The van der Waals surface area contributed by atoms with Gasteiger partial charge in [-0.25, -0.2) is 0 Å². The van der Waals surface area contributed by atoms with E-state index in [2.05, 4.69) is 10.2 Å². The molecule has 0 spiro atoms. The standard InChI is InChI=1S/C20H31N3O3/c1-26-20-15-18(23(24)25)9-10-19(20)21-16-11-13-22(14-12-16)17-7-5-3-2-4-6-8-17/h9-10,15-17,21H,2-8,11-14H2,1H3. The third kappa shape index (κ3) is 4.87. The summed E-state index contributed by atoms with van der Waals surface area (Å²) in [6.45, 7) is 2.27. The van der Waals surface area contributed by atoms with Gasteiger partial charge in [0.1, 0.15) is 5.75 Å². The van der Waals surface area contributed by atoms with Gasteiger partial charge < -0.3 is 15.0 Å². The zero-order chi connectivity index (χ0) is 18.4. The fourth-order valence-corrected chi connectivity index (χ4v) is 4.34. The molecule has 1 aliphatic carbocycles. The Hall–Kier alpha value is -1.82. The van der Waals surface area contributed by atoms with E-state index in [1.165, 1.54) is 57.1 Å². The first-order valence-corrected chi connectivity index (χ1v) is 10.0. The maximum atomic E-state index is 10.9. The molecule has 1 saturated carbocycles. The molecule has 6 heteroatoms. The Bertz CT molecular complexity index is 592. The number of methoxy groups -OCH3 is 1. The second-order valence-electron chi connectivity index (χ2n) is 7.60. The summed E-state index contributed by atoms with van der Waals surface area (Å²) in [6.07, 6.45) is 11.9. The molecule has 3 rings (SSSR count). The number of anilines is 1. The van der Waals surface area contributed by atoms with Crippen molar-refractivity contribution >= 4 is 11.4 Å². The molecule has 6 nitrogen and oxygen atoms in total. The number of nitrogens with one attached hydrogen (secondary N) is 1. The lowest BCUT2D eigenvalue weighted by molar-refractivity contribution is -0.384. The zero-order valence-corrected chi connectivity index (χ0v) is 15.8. The number of non-ortho nitro benzene ring substituents is 1. The highest BCUT2D eigenvalue weighted by molar-refractivity contribution is 5.61. The van der Waals surface area contributed by atoms with Crippen LogP contribution in [-0.4, -0.2) is 42.1 Å². The Balaban J connectivity index is 1.54. The number of hydrogen-bond donors (Lipinski definition) is 1. The van der Waals surface area contributed by atoms with Gasteiger partial charge in [0.15, 0.2) is 0 Å². The van der Waals surface area contributed by atoms with Gasteiger partial charge in [0.2, 0.25) is 0 Å². The molecule has 1 heterocycles. The molecule has 2 aliphatic rings. The number of ether oxygens (including phenoxy) is 1. The maximum absolute atomic E-state index is 10.9. The highest BCUT2D eigenvalue weighted by Gasteiger charge is 2.26. The van der Waals surface area contributed by atoms with Crippen molar-refractivity contribution < 1.29 is 9.66 Å². The average molecular weight is 361 g/mol. The van der Waals surface area contributed by atoms with E-state index < -0.39 is 0 Å². The van der Waals surface area contributed by atoms with Crippen LogP contribution in [0.3, 0.4) is 0 Å². The predicted molar refractivity (Wildman–Crippen MR) is 104 cm³/mol. The Morgan fingerprint density at radius 2 is 1.73 bits per heavy atom. The lowest BCUT2D eigenvalue weighted by atomic mass is 9.93. The van der Waals surface area contributed by atoms with Gasteiger partial charge in [-0.05, 0) is 31.7 Å². The second kappa shape index (κ2) is 9.21. The van der Waals surface area contributed by atoms with Gasteiger partial charge in [0.05, 0.1) is 23.8 Å². The number of nitro benzene ring substituents is 1. The smallest absolute Gasteiger partial charge is 0.273 e. The third-order valence-corrected chi connectivity index (χ3v) is 5.88. The average Bonchev–Trinajstić information content (AvgIpc) is 2.62. The van der Waals surface area contributed by atoms with E-state index in [0.717, 1.165) is 37.7 Å². The molecular formula is C20H31N3O3. The highest BCUT2D eigenvalue weighted by atomic mass is 16.6. The summed E-state index contributed by atoms with van der Waals surface area (Å²) in [6, 6.07) is 5.96. The fraction of sp³-hybridized carbons (Fsp3) is 0.700. The number of hydrogen-bond acceptors (Lipinski definition) is 5. The van der Waals surface area contributed by atoms with Crippen molar-refractivity contribution in [2.45, 2.75) is 69.9 Å². The largest absolute Gasteiger partial charge is 0.494 e. The molecule has 0 bridgehead atoms. The van der Waals surface area contributed by atoms with Crippen molar-refractivity contribution in [2.75, 3.05) is 25.5 Å². The van der Waals surface area contributed by atoms with Crippen LogP contribution in [0.25, 0.3) is 0 Å². The molecule has 26 heavy (non-hydrogen) atoms. The Morgan fingerprint density at radius 3 is 2.35 bits per heavy atom. The molecule has 1 saturated heterocycles. The molecule has 0 atom stereocenters. The molecule has 0 unspecified atom stereocenters. The first-order valence-electron chi connectivity index (χ1n) is 10.0. The SMILES string of the molecule is COc1cc([N+](=O)[O-])ccc1NC1CCN(C2CCCCCCC2)CC1. The van der Waals surface area contributed by atoms with Crippen LogP contribution >= 0.6 is 0 Å². The molecule has 0 aromatic heterocycles. The van der Waals surface area contributed by atoms with Crippen molar-refractivity contribution in [3.8, 4) is 5.75 Å². The Kier molecular flexibility index (Phi) is 6.72. The van der Waals surface area contributed by atoms with Gasteiger partial charge in [0, 0.05) is 31.2 Å². The van der Waals surface area contributed by atoms with Crippen LogP contribution in [0.4, 0.5) is 11.4 Å². The molecule has 0 amide bonds. The minimum absolute atomic E-state index is 0.0616. The number of piperidine rings is 1. The van der Waals surface area contributed by atoms with Crippen LogP contribution in [0.15, 0.2) is 18.2 Å². The van der Waals surface area contributed by atoms with Crippen molar-refractivity contribution in [1.29, 1.82) is 0 Å². The van der Waals surface area contributed by atoms with Crippen LogP contribution in [0.2, 0.25) is 0 Å². The van der Waals surface area contributed by atoms with Gasteiger partial charge in [-0.1, -0.05) is 32.1 Å². The van der Waals surface area contributed by atoms with E-state index >= 15 is 0 Å². The lowest BCUT2D eigenvalue weighted by Gasteiger charge is -2.39. The van der Waals surface area contributed by atoms with Crippen LogP contribution in [0.5, 0.6) is 5.75 Å². The first-order chi connectivity index (χ1) is 12.7. The van der Waals surface area contributed by atoms with Crippen LogP contribution in [-0.2, 0) is 0 Å². The van der Waals surface area contributed by atoms with Crippen molar-refractivity contribution in [2.24, 2.45) is 0 Å². The van der Waals surface area contributed by atoms with Crippen molar-refractivity contribution in [3.63, 3.8) is 0 Å². The van der Waals surface area contributed by atoms with Crippen molar-refractivity contribution in [1.82, 2.24) is 4.90 Å². The maximum Gasteiger partial charge on any atom is 0.273 e. The normalized spacial score (nSPS) is 21.0. The molecule has 2 fully saturated rings. The van der Waals surface area contributed by atoms with Crippen LogP contribution in [0.1, 0.15) is 57.8 Å². The molecule has 0 radical (unpaired) electrons. The van der Waals surface area contributed by atoms with Crippen LogP contribution < -0.4 is 10.1 Å². The minimum atomic E-state index is -0.389. The monoisotopic (exact) mass is 361 g/mol. The summed E-state index contributed by atoms with van der Waals surface area (Å²) >= 11 is 0. The highest BCUT2D eigenvalue weighted by Crippen LogP contribution is 2.31. The van der Waals surface area contributed by atoms with E-state index in [-0.39, 0.29) is 10.6 Å². The first kappa shape index (κ1) is 19.0. The number of likely N-dealkylation sites (tertiary alicyclic amines) is 1. The Labute approximate surface area is 156 Å². The van der Waals surface area contributed by atoms with Gasteiger partial charge in [-0.15, -0.1) is 0 Å². The van der Waals surface area contributed by atoms with Crippen molar-refractivity contribution in [3.05, 3.63) is 28.3 Å². The van der Waals surface area contributed by atoms with Gasteiger partial charge in [0.25, 0.3) is 5.69 Å². The van der Waals surface area contributed by atoms with Gasteiger partial charge in [-0.3, -0.25) is 10.1 Å². The summed E-state index contributed by atoms with van der Waals surface area (Å²) < 4.78 is 5.34. The van der Waals surface area contributed by atoms with Crippen LogP contribution in [0, 0.1) is 10.1 Å². The predicted octanol–water partition coefficient (Wildman–Crippen LogP) is 4.59. The fourth-order valence-electron chi connectivity index (χ4n) is 4.34. The quantitative estimate of drug-likeness (QED) is 0.613. The molecule has 1 aliphatic heterocycles. The van der Waals surface area contributed by atoms with E-state index in [1.807, 2.05) is 0 Å². The van der Waals surface area contributed by atoms with Gasteiger partial charge in [-0.2, -0.15) is 0 Å². The Morgan fingerprint density at radius 1 is 1.08 bits per heavy atom.